The van der Waals surface area contributed by atoms with Crippen LogP contribution in [0.15, 0.2) is 59.4 Å². The predicted molar refractivity (Wildman–Crippen MR) is 93.0 cm³/mol. The summed E-state index contributed by atoms with van der Waals surface area (Å²) in [6.45, 7) is 0.775. The Labute approximate surface area is 143 Å². The minimum atomic E-state index is -1.04. The van der Waals surface area contributed by atoms with E-state index in [1.54, 1.807) is 48.5 Å². The molecule has 0 aliphatic rings. The van der Waals surface area contributed by atoms with Crippen molar-refractivity contribution < 1.29 is 13.9 Å². The summed E-state index contributed by atoms with van der Waals surface area (Å²) in [5.74, 6) is -0.364. The van der Waals surface area contributed by atoms with Crippen molar-refractivity contribution in [2.24, 2.45) is 0 Å². The maximum Gasteiger partial charge on any atom is 0.253 e. The van der Waals surface area contributed by atoms with Gasteiger partial charge >= 0.3 is 0 Å². The summed E-state index contributed by atoms with van der Waals surface area (Å²) in [6.07, 6.45) is -0.937. The summed E-state index contributed by atoms with van der Waals surface area (Å²) >= 11 is 0. The number of pyridine rings is 1. The first-order valence-corrected chi connectivity index (χ1v) is 7.75. The SMILES string of the molecule is Cc1cc(=O)[nH]c2ccc(C(NC(=O)c3ccccc3)OCF)cc12. The zero-order valence-corrected chi connectivity index (χ0v) is 13.6. The minimum absolute atomic E-state index is 0.188. The number of carbonyl (C=O) groups is 1. The van der Waals surface area contributed by atoms with E-state index in [1.807, 2.05) is 6.92 Å². The van der Waals surface area contributed by atoms with Crippen LogP contribution >= 0.6 is 0 Å². The van der Waals surface area contributed by atoms with Crippen molar-refractivity contribution in [3.05, 3.63) is 81.6 Å². The highest BCUT2D eigenvalue weighted by atomic mass is 19.1. The Morgan fingerprint density at radius 1 is 1.20 bits per heavy atom. The van der Waals surface area contributed by atoms with Gasteiger partial charge in [-0.25, -0.2) is 4.39 Å². The Bertz CT molecular complexity index is 954. The van der Waals surface area contributed by atoms with Crippen molar-refractivity contribution in [1.29, 1.82) is 0 Å². The number of carbonyl (C=O) groups excluding carboxylic acids is 1. The Hall–Kier alpha value is -2.99. The second kappa shape index (κ2) is 7.27. The van der Waals surface area contributed by atoms with E-state index < -0.39 is 13.1 Å². The molecule has 1 unspecified atom stereocenters. The van der Waals surface area contributed by atoms with Crippen LogP contribution in [0.2, 0.25) is 0 Å². The second-order valence-electron chi connectivity index (χ2n) is 5.62. The smallest absolute Gasteiger partial charge is 0.253 e. The molecule has 0 saturated carbocycles. The van der Waals surface area contributed by atoms with Crippen LogP contribution in [0, 0.1) is 6.92 Å². The van der Waals surface area contributed by atoms with Crippen LogP contribution in [0.5, 0.6) is 0 Å². The summed E-state index contributed by atoms with van der Waals surface area (Å²) in [4.78, 5) is 26.6. The lowest BCUT2D eigenvalue weighted by Gasteiger charge is -2.19. The van der Waals surface area contributed by atoms with Gasteiger partial charge in [0.25, 0.3) is 5.91 Å². The van der Waals surface area contributed by atoms with Crippen LogP contribution in [0.25, 0.3) is 10.9 Å². The molecule has 3 rings (SSSR count). The zero-order chi connectivity index (χ0) is 17.8. The average Bonchev–Trinajstić information content (AvgIpc) is 2.61. The van der Waals surface area contributed by atoms with Crippen LogP contribution in [-0.2, 0) is 4.74 Å². The van der Waals surface area contributed by atoms with Crippen molar-refractivity contribution in [2.45, 2.75) is 13.2 Å². The molecule has 0 bridgehead atoms. The number of hydrogen-bond donors (Lipinski definition) is 2. The van der Waals surface area contributed by atoms with E-state index in [0.29, 0.717) is 16.6 Å². The van der Waals surface area contributed by atoms with E-state index in [0.717, 1.165) is 10.9 Å². The molecule has 0 radical (unpaired) electrons. The minimum Gasteiger partial charge on any atom is -0.323 e. The number of nitrogens with one attached hydrogen (secondary N) is 2. The van der Waals surface area contributed by atoms with Gasteiger partial charge in [0.15, 0.2) is 13.1 Å². The third kappa shape index (κ3) is 3.75. The first-order chi connectivity index (χ1) is 12.1. The van der Waals surface area contributed by atoms with Gasteiger partial charge in [-0.2, -0.15) is 0 Å². The highest BCUT2D eigenvalue weighted by molar-refractivity contribution is 5.94. The molecule has 1 heterocycles. The average molecular weight is 340 g/mol. The molecule has 3 aromatic rings. The summed E-state index contributed by atoms with van der Waals surface area (Å²) < 4.78 is 17.9. The topological polar surface area (TPSA) is 71.2 Å². The molecule has 2 aromatic carbocycles. The van der Waals surface area contributed by atoms with E-state index in [-0.39, 0.29) is 11.5 Å². The number of fused-ring (bicyclic) bond motifs is 1. The van der Waals surface area contributed by atoms with E-state index in [4.69, 9.17) is 4.74 Å². The molecular formula is C19H17FN2O3. The van der Waals surface area contributed by atoms with Gasteiger partial charge in [0.2, 0.25) is 5.56 Å². The number of amides is 1. The molecular weight excluding hydrogens is 323 g/mol. The number of H-pyrrole nitrogens is 1. The van der Waals surface area contributed by atoms with Crippen LogP contribution in [0.1, 0.15) is 27.7 Å². The molecule has 25 heavy (non-hydrogen) atoms. The van der Waals surface area contributed by atoms with Crippen LogP contribution in [-0.4, -0.2) is 17.8 Å². The van der Waals surface area contributed by atoms with Gasteiger partial charge in [-0.3, -0.25) is 9.59 Å². The molecule has 2 N–H and O–H groups in total. The Morgan fingerprint density at radius 3 is 2.68 bits per heavy atom. The van der Waals surface area contributed by atoms with Crippen LogP contribution in [0.3, 0.4) is 0 Å². The lowest BCUT2D eigenvalue weighted by atomic mass is 10.1. The van der Waals surface area contributed by atoms with Crippen LogP contribution in [0.4, 0.5) is 4.39 Å². The standard InChI is InChI=1S/C19H17FN2O3/c1-12-9-17(23)21-16-8-7-14(10-15(12)16)19(25-11-20)22-18(24)13-5-3-2-4-6-13/h2-10,19H,11H2,1H3,(H,21,23)(H,22,24). The van der Waals surface area contributed by atoms with Gasteiger partial charge in [-0.05, 0) is 36.8 Å². The molecule has 6 heteroatoms. The molecule has 0 aliphatic carbocycles. The number of aromatic nitrogens is 1. The molecule has 0 aliphatic heterocycles. The van der Waals surface area contributed by atoms with E-state index in [1.165, 1.54) is 6.07 Å². The number of hydrogen-bond acceptors (Lipinski definition) is 3. The Kier molecular flexibility index (Phi) is 4.90. The number of ether oxygens (including phenoxy) is 1. The summed E-state index contributed by atoms with van der Waals surface area (Å²) in [5, 5.41) is 3.48. The Balaban J connectivity index is 1.93. The van der Waals surface area contributed by atoms with Crippen molar-refractivity contribution >= 4 is 16.8 Å². The lowest BCUT2D eigenvalue weighted by molar-refractivity contribution is -0.0205. The van der Waals surface area contributed by atoms with Crippen molar-refractivity contribution in [3.8, 4) is 0 Å². The molecule has 1 aromatic heterocycles. The highest BCUT2D eigenvalue weighted by Crippen LogP contribution is 2.22. The molecule has 128 valence electrons. The highest BCUT2D eigenvalue weighted by Gasteiger charge is 2.17. The number of aryl methyl sites for hydroxylation is 1. The fourth-order valence-corrected chi connectivity index (χ4v) is 2.68. The van der Waals surface area contributed by atoms with Gasteiger partial charge in [0.1, 0.15) is 0 Å². The lowest BCUT2D eigenvalue weighted by Crippen LogP contribution is -2.30. The summed E-state index contributed by atoms with van der Waals surface area (Å²) in [6, 6.07) is 15.3. The van der Waals surface area contributed by atoms with E-state index in [2.05, 4.69) is 10.3 Å². The number of rotatable bonds is 5. The monoisotopic (exact) mass is 340 g/mol. The first kappa shape index (κ1) is 16.9. The normalized spacial score (nSPS) is 12.1. The number of aromatic amines is 1. The van der Waals surface area contributed by atoms with E-state index in [9.17, 15) is 14.0 Å². The third-order valence-electron chi connectivity index (χ3n) is 3.90. The molecule has 0 saturated heterocycles. The number of alkyl halides is 1. The van der Waals surface area contributed by atoms with Crippen molar-refractivity contribution in [3.63, 3.8) is 0 Å². The molecule has 1 atom stereocenters. The second-order valence-corrected chi connectivity index (χ2v) is 5.62. The number of benzene rings is 2. The van der Waals surface area contributed by atoms with Gasteiger partial charge < -0.3 is 15.0 Å². The Morgan fingerprint density at radius 2 is 1.96 bits per heavy atom. The number of halogens is 1. The van der Waals surface area contributed by atoms with Crippen molar-refractivity contribution in [1.82, 2.24) is 10.3 Å². The largest absolute Gasteiger partial charge is 0.323 e. The summed E-state index contributed by atoms with van der Waals surface area (Å²) in [5.41, 5.74) is 2.31. The maximum absolute atomic E-state index is 12.8. The van der Waals surface area contributed by atoms with Crippen molar-refractivity contribution in [2.75, 3.05) is 6.86 Å². The zero-order valence-electron chi connectivity index (χ0n) is 13.6. The molecule has 0 fully saturated rings. The molecule has 1 amide bonds. The predicted octanol–water partition coefficient (Wildman–Crippen LogP) is 3.21. The van der Waals surface area contributed by atoms with Gasteiger partial charge in [0, 0.05) is 28.1 Å². The molecule has 5 nitrogen and oxygen atoms in total. The molecule has 0 spiro atoms. The summed E-state index contributed by atoms with van der Waals surface area (Å²) in [7, 11) is 0. The fraction of sp³-hybridized carbons (Fsp3) is 0.158. The van der Waals surface area contributed by atoms with Crippen LogP contribution < -0.4 is 10.9 Å². The van der Waals surface area contributed by atoms with E-state index >= 15 is 0 Å². The van der Waals surface area contributed by atoms with Gasteiger partial charge in [-0.15, -0.1) is 0 Å². The quantitative estimate of drug-likeness (QED) is 0.701. The van der Waals surface area contributed by atoms with Gasteiger partial charge in [0.05, 0.1) is 0 Å². The first-order valence-electron chi connectivity index (χ1n) is 7.75. The maximum atomic E-state index is 12.8. The fourth-order valence-electron chi connectivity index (χ4n) is 2.68. The van der Waals surface area contributed by atoms with Gasteiger partial charge in [-0.1, -0.05) is 24.3 Å². The third-order valence-corrected chi connectivity index (χ3v) is 3.90.